The first-order valence-electron chi connectivity index (χ1n) is 8.00. The maximum Gasteiger partial charge on any atom is 0.226 e. The van der Waals surface area contributed by atoms with Gasteiger partial charge in [0.2, 0.25) is 16.0 Å². The van der Waals surface area contributed by atoms with Crippen molar-refractivity contribution in [1.29, 1.82) is 5.26 Å². The predicted molar refractivity (Wildman–Crippen MR) is 86.4 cm³/mol. The fourth-order valence-electron chi connectivity index (χ4n) is 3.29. The molecule has 23 heavy (non-hydrogen) atoms. The van der Waals surface area contributed by atoms with Crippen molar-refractivity contribution in [3.8, 4) is 6.07 Å². The minimum Gasteiger partial charge on any atom is -0.338 e. The largest absolute Gasteiger partial charge is 0.338 e. The summed E-state index contributed by atoms with van der Waals surface area (Å²) in [6.45, 7) is 3.85. The summed E-state index contributed by atoms with van der Waals surface area (Å²) in [6, 6.07) is 3.68. The van der Waals surface area contributed by atoms with Gasteiger partial charge >= 0.3 is 0 Å². The first-order chi connectivity index (χ1) is 11.0. The molecule has 1 aliphatic heterocycles. The second-order valence-corrected chi connectivity index (χ2v) is 8.36. The third kappa shape index (κ3) is 3.31. The van der Waals surface area contributed by atoms with Gasteiger partial charge in [0, 0.05) is 31.9 Å². The lowest BCUT2D eigenvalue weighted by atomic mass is 10.3. The van der Waals surface area contributed by atoms with E-state index in [2.05, 4.69) is 9.97 Å². The van der Waals surface area contributed by atoms with Crippen LogP contribution in [0.15, 0.2) is 6.07 Å². The quantitative estimate of drug-likeness (QED) is 0.820. The van der Waals surface area contributed by atoms with E-state index < -0.39 is 10.0 Å². The van der Waals surface area contributed by atoms with Crippen molar-refractivity contribution in [2.24, 2.45) is 0 Å². The van der Waals surface area contributed by atoms with E-state index in [4.69, 9.17) is 5.26 Å². The van der Waals surface area contributed by atoms with Crippen molar-refractivity contribution in [3.05, 3.63) is 17.5 Å². The van der Waals surface area contributed by atoms with Crippen LogP contribution in [-0.2, 0) is 10.0 Å². The molecule has 0 amide bonds. The van der Waals surface area contributed by atoms with Gasteiger partial charge in [0.1, 0.15) is 11.8 Å². The third-order valence-corrected chi connectivity index (χ3v) is 6.96. The smallest absolute Gasteiger partial charge is 0.226 e. The highest BCUT2D eigenvalue weighted by molar-refractivity contribution is 7.89. The van der Waals surface area contributed by atoms with Gasteiger partial charge in [0.15, 0.2) is 0 Å². The average Bonchev–Trinajstić information content (AvgIpc) is 3.09. The molecule has 0 bridgehead atoms. The Hall–Kier alpha value is -1.72. The molecular formula is C15H21N5O2S. The van der Waals surface area contributed by atoms with Gasteiger partial charge in [-0.15, -0.1) is 0 Å². The molecule has 1 aromatic rings. The standard InChI is InChI=1S/C15H21N5O2S/c1-12-10-13(11-16)18-15(17-12)19-6-8-20(9-7-19)23(21,22)14-4-2-3-5-14/h10,14H,2-9H2,1H3. The van der Waals surface area contributed by atoms with Crippen LogP contribution in [0.3, 0.4) is 0 Å². The SMILES string of the molecule is Cc1cc(C#N)nc(N2CCN(S(=O)(=O)C3CCCC3)CC2)n1. The number of hydrogen-bond acceptors (Lipinski definition) is 6. The molecule has 0 N–H and O–H groups in total. The molecule has 0 spiro atoms. The molecule has 7 nitrogen and oxygen atoms in total. The van der Waals surface area contributed by atoms with Crippen LogP contribution < -0.4 is 4.90 Å². The van der Waals surface area contributed by atoms with Crippen molar-refractivity contribution >= 4 is 16.0 Å². The molecule has 1 aromatic heterocycles. The average molecular weight is 335 g/mol. The topological polar surface area (TPSA) is 90.2 Å². The van der Waals surface area contributed by atoms with E-state index in [9.17, 15) is 8.42 Å². The van der Waals surface area contributed by atoms with E-state index in [1.54, 1.807) is 10.4 Å². The van der Waals surface area contributed by atoms with Crippen LogP contribution in [0.25, 0.3) is 0 Å². The second kappa shape index (κ2) is 6.42. The van der Waals surface area contributed by atoms with E-state index in [-0.39, 0.29) is 5.25 Å². The molecule has 1 saturated heterocycles. The van der Waals surface area contributed by atoms with Crippen LogP contribution in [0.4, 0.5) is 5.95 Å². The fourth-order valence-corrected chi connectivity index (χ4v) is 5.31. The number of sulfonamides is 1. The summed E-state index contributed by atoms with van der Waals surface area (Å²) in [6.07, 6.45) is 3.60. The highest BCUT2D eigenvalue weighted by atomic mass is 32.2. The summed E-state index contributed by atoms with van der Waals surface area (Å²) >= 11 is 0. The van der Waals surface area contributed by atoms with Gasteiger partial charge in [0.25, 0.3) is 0 Å². The summed E-state index contributed by atoms with van der Waals surface area (Å²) in [7, 11) is -3.17. The highest BCUT2D eigenvalue weighted by Crippen LogP contribution is 2.28. The summed E-state index contributed by atoms with van der Waals surface area (Å²) in [4.78, 5) is 10.5. The number of anilines is 1. The van der Waals surface area contributed by atoms with Gasteiger partial charge in [-0.1, -0.05) is 12.8 Å². The molecular weight excluding hydrogens is 314 g/mol. The Bertz CT molecular complexity index is 714. The van der Waals surface area contributed by atoms with E-state index in [0.717, 1.165) is 31.4 Å². The van der Waals surface area contributed by atoms with E-state index in [1.165, 1.54) is 0 Å². The van der Waals surface area contributed by atoms with Crippen molar-refractivity contribution < 1.29 is 8.42 Å². The zero-order valence-corrected chi connectivity index (χ0v) is 14.1. The highest BCUT2D eigenvalue weighted by Gasteiger charge is 2.36. The number of aryl methyl sites for hydroxylation is 1. The summed E-state index contributed by atoms with van der Waals surface area (Å²) in [5.74, 6) is 0.513. The van der Waals surface area contributed by atoms with Gasteiger partial charge in [0.05, 0.1) is 5.25 Å². The Morgan fingerprint density at radius 2 is 1.83 bits per heavy atom. The maximum atomic E-state index is 12.6. The monoisotopic (exact) mass is 335 g/mol. The summed E-state index contributed by atoms with van der Waals surface area (Å²) in [5.41, 5.74) is 1.08. The Morgan fingerprint density at radius 1 is 1.17 bits per heavy atom. The van der Waals surface area contributed by atoms with E-state index in [1.807, 2.05) is 17.9 Å². The van der Waals surface area contributed by atoms with Crippen LogP contribution in [0, 0.1) is 18.3 Å². The summed E-state index contributed by atoms with van der Waals surface area (Å²) in [5, 5.41) is 8.81. The third-order valence-electron chi connectivity index (χ3n) is 4.56. The molecule has 124 valence electrons. The maximum absolute atomic E-state index is 12.6. The van der Waals surface area contributed by atoms with Crippen LogP contribution >= 0.6 is 0 Å². The Morgan fingerprint density at radius 3 is 2.43 bits per heavy atom. The van der Waals surface area contributed by atoms with Crippen molar-refractivity contribution in [1.82, 2.24) is 14.3 Å². The molecule has 1 saturated carbocycles. The number of nitriles is 1. The number of nitrogens with zero attached hydrogens (tertiary/aromatic N) is 5. The normalized spacial score (nSPS) is 20.6. The molecule has 0 atom stereocenters. The van der Waals surface area contributed by atoms with Crippen LogP contribution in [0.5, 0.6) is 0 Å². The van der Waals surface area contributed by atoms with Crippen molar-refractivity contribution in [2.75, 3.05) is 31.1 Å². The molecule has 1 aliphatic carbocycles. The Balaban J connectivity index is 1.69. The number of rotatable bonds is 3. The lowest BCUT2D eigenvalue weighted by Gasteiger charge is -2.35. The Kier molecular flexibility index (Phi) is 4.50. The van der Waals surface area contributed by atoms with E-state index >= 15 is 0 Å². The molecule has 0 radical (unpaired) electrons. The number of aromatic nitrogens is 2. The minimum absolute atomic E-state index is 0.200. The molecule has 3 rings (SSSR count). The van der Waals surface area contributed by atoms with Crippen LogP contribution in [0.1, 0.15) is 37.1 Å². The number of hydrogen-bond donors (Lipinski definition) is 0. The zero-order valence-electron chi connectivity index (χ0n) is 13.3. The van der Waals surface area contributed by atoms with Gasteiger partial charge in [-0.05, 0) is 25.8 Å². The molecule has 0 unspecified atom stereocenters. The zero-order chi connectivity index (χ0) is 16.4. The molecule has 2 fully saturated rings. The van der Waals surface area contributed by atoms with Gasteiger partial charge in [-0.2, -0.15) is 9.57 Å². The van der Waals surface area contributed by atoms with E-state index in [0.29, 0.717) is 37.8 Å². The van der Waals surface area contributed by atoms with Gasteiger partial charge in [-0.3, -0.25) is 0 Å². The first kappa shape index (κ1) is 16.1. The Labute approximate surface area is 137 Å². The predicted octanol–water partition coefficient (Wildman–Crippen LogP) is 1.05. The molecule has 0 aromatic carbocycles. The first-order valence-corrected chi connectivity index (χ1v) is 9.51. The number of piperazine rings is 1. The molecule has 8 heteroatoms. The lowest BCUT2D eigenvalue weighted by molar-refractivity contribution is 0.376. The van der Waals surface area contributed by atoms with Crippen molar-refractivity contribution in [2.45, 2.75) is 37.9 Å². The molecule has 2 aliphatic rings. The van der Waals surface area contributed by atoms with Crippen molar-refractivity contribution in [3.63, 3.8) is 0 Å². The van der Waals surface area contributed by atoms with Crippen LogP contribution in [0.2, 0.25) is 0 Å². The van der Waals surface area contributed by atoms with Gasteiger partial charge in [-0.25, -0.2) is 18.4 Å². The minimum atomic E-state index is -3.17. The molecule has 2 heterocycles. The lowest BCUT2D eigenvalue weighted by Crippen LogP contribution is -2.51. The summed E-state index contributed by atoms with van der Waals surface area (Å²) < 4.78 is 26.8. The van der Waals surface area contributed by atoms with Crippen LogP contribution in [-0.4, -0.2) is 54.1 Å². The fraction of sp³-hybridized carbons (Fsp3) is 0.667. The second-order valence-electron chi connectivity index (χ2n) is 6.14. The van der Waals surface area contributed by atoms with Gasteiger partial charge < -0.3 is 4.90 Å².